The summed E-state index contributed by atoms with van der Waals surface area (Å²) in [5.41, 5.74) is 3.51. The third-order valence-electron chi connectivity index (χ3n) is 4.31. The van der Waals surface area contributed by atoms with Gasteiger partial charge in [0.05, 0.1) is 29.0 Å². The maximum atomic E-state index is 12.7. The second kappa shape index (κ2) is 5.53. The fraction of sp³-hybridized carbons (Fsp3) is 0.158. The predicted octanol–water partition coefficient (Wildman–Crippen LogP) is 3.00. The quantitative estimate of drug-likeness (QED) is 0.533. The van der Waals surface area contributed by atoms with Gasteiger partial charge in [-0.1, -0.05) is 24.3 Å². The Balaban J connectivity index is 2.03. The minimum Gasteiger partial charge on any atom is -0.332 e. The molecule has 118 valence electrons. The van der Waals surface area contributed by atoms with Crippen molar-refractivity contribution in [1.82, 2.24) is 19.7 Å². The molecule has 0 atom stereocenters. The molecule has 0 amide bonds. The molecule has 0 spiro atoms. The van der Waals surface area contributed by atoms with Gasteiger partial charge in [-0.2, -0.15) is 5.10 Å². The van der Waals surface area contributed by atoms with Crippen molar-refractivity contribution < 1.29 is 0 Å². The van der Waals surface area contributed by atoms with Crippen molar-refractivity contribution >= 4 is 21.8 Å². The summed E-state index contributed by atoms with van der Waals surface area (Å²) >= 11 is 0. The highest BCUT2D eigenvalue weighted by atomic mass is 16.1. The molecule has 5 nitrogen and oxygen atoms in total. The Bertz CT molecular complexity index is 1070. The molecule has 5 heteroatoms. The summed E-state index contributed by atoms with van der Waals surface area (Å²) in [6, 6.07) is 15.3. The molecule has 0 N–H and O–H groups in total. The second-order valence-corrected chi connectivity index (χ2v) is 5.85. The van der Waals surface area contributed by atoms with Crippen molar-refractivity contribution in [2.75, 3.05) is 0 Å². The summed E-state index contributed by atoms with van der Waals surface area (Å²) in [6.07, 6.45) is 0. The molecule has 0 aliphatic carbocycles. The van der Waals surface area contributed by atoms with Crippen molar-refractivity contribution in [1.29, 1.82) is 0 Å². The van der Waals surface area contributed by atoms with Crippen molar-refractivity contribution in [3.63, 3.8) is 0 Å². The Morgan fingerprint density at radius 2 is 1.42 bits per heavy atom. The Morgan fingerprint density at radius 1 is 0.833 bits per heavy atom. The van der Waals surface area contributed by atoms with Gasteiger partial charge in [-0.15, -0.1) is 5.10 Å². The highest BCUT2D eigenvalue weighted by Crippen LogP contribution is 2.19. The third kappa shape index (κ3) is 2.25. The van der Waals surface area contributed by atoms with Crippen LogP contribution in [-0.2, 0) is 6.54 Å². The number of aryl methyl sites for hydroxylation is 2. The van der Waals surface area contributed by atoms with Gasteiger partial charge in [0.1, 0.15) is 0 Å². The molecule has 0 unspecified atom stereocenters. The SMILES string of the molecule is Cc1nnc(Cn2c3ccccc3c(=O)c3ccccc32)nc1C. The van der Waals surface area contributed by atoms with Crippen LogP contribution in [0.15, 0.2) is 53.3 Å². The van der Waals surface area contributed by atoms with Crippen molar-refractivity contribution in [2.24, 2.45) is 0 Å². The summed E-state index contributed by atoms with van der Waals surface area (Å²) in [6.45, 7) is 4.29. The first kappa shape index (κ1) is 14.5. The molecule has 2 aromatic heterocycles. The van der Waals surface area contributed by atoms with Crippen LogP contribution < -0.4 is 5.43 Å². The molecular formula is C19H16N4O. The van der Waals surface area contributed by atoms with Crippen LogP contribution in [0.2, 0.25) is 0 Å². The molecule has 0 aliphatic heterocycles. The van der Waals surface area contributed by atoms with E-state index in [1.165, 1.54) is 0 Å². The van der Waals surface area contributed by atoms with E-state index in [4.69, 9.17) is 0 Å². The zero-order valence-corrected chi connectivity index (χ0v) is 13.5. The van der Waals surface area contributed by atoms with Crippen LogP contribution in [0.25, 0.3) is 21.8 Å². The second-order valence-electron chi connectivity index (χ2n) is 5.85. The third-order valence-corrected chi connectivity index (χ3v) is 4.31. The highest BCUT2D eigenvalue weighted by molar-refractivity contribution is 5.93. The number of hydrogen-bond donors (Lipinski definition) is 0. The number of benzene rings is 2. The van der Waals surface area contributed by atoms with Gasteiger partial charge >= 0.3 is 0 Å². The van der Waals surface area contributed by atoms with Crippen LogP contribution in [0.4, 0.5) is 0 Å². The van der Waals surface area contributed by atoms with E-state index in [9.17, 15) is 4.79 Å². The smallest absolute Gasteiger partial charge is 0.197 e. The Morgan fingerprint density at radius 3 is 2.00 bits per heavy atom. The molecule has 24 heavy (non-hydrogen) atoms. The fourth-order valence-corrected chi connectivity index (χ4v) is 2.96. The minimum atomic E-state index is 0.0524. The van der Waals surface area contributed by atoms with E-state index >= 15 is 0 Å². The Hall–Kier alpha value is -3.08. The lowest BCUT2D eigenvalue weighted by atomic mass is 10.1. The van der Waals surface area contributed by atoms with Gasteiger partial charge in [-0.05, 0) is 38.1 Å². The summed E-state index contributed by atoms with van der Waals surface area (Å²) < 4.78 is 2.08. The fourth-order valence-electron chi connectivity index (χ4n) is 2.96. The number of hydrogen-bond acceptors (Lipinski definition) is 4. The van der Waals surface area contributed by atoms with Gasteiger partial charge < -0.3 is 4.57 Å². The monoisotopic (exact) mass is 316 g/mol. The van der Waals surface area contributed by atoms with Gasteiger partial charge in [0, 0.05) is 10.8 Å². The number of nitrogens with zero attached hydrogens (tertiary/aromatic N) is 4. The van der Waals surface area contributed by atoms with Crippen LogP contribution in [0.1, 0.15) is 17.2 Å². The number of fused-ring (bicyclic) bond motifs is 2. The first-order valence-corrected chi connectivity index (χ1v) is 7.82. The average molecular weight is 316 g/mol. The van der Waals surface area contributed by atoms with Crippen molar-refractivity contribution in [3.8, 4) is 0 Å². The van der Waals surface area contributed by atoms with Gasteiger partial charge in [0.25, 0.3) is 0 Å². The summed E-state index contributed by atoms with van der Waals surface area (Å²) in [4.78, 5) is 17.3. The number of rotatable bonds is 2. The van der Waals surface area contributed by atoms with Gasteiger partial charge in [0.2, 0.25) is 0 Å². The molecular weight excluding hydrogens is 300 g/mol. The maximum absolute atomic E-state index is 12.7. The van der Waals surface area contributed by atoms with E-state index < -0.39 is 0 Å². The zero-order valence-electron chi connectivity index (χ0n) is 13.5. The number of para-hydroxylation sites is 2. The van der Waals surface area contributed by atoms with Crippen LogP contribution in [-0.4, -0.2) is 19.7 Å². The average Bonchev–Trinajstić information content (AvgIpc) is 2.61. The molecule has 0 radical (unpaired) electrons. The van der Waals surface area contributed by atoms with Crippen molar-refractivity contribution in [2.45, 2.75) is 20.4 Å². The lowest BCUT2D eigenvalue weighted by Gasteiger charge is -2.14. The molecule has 2 aromatic carbocycles. The van der Waals surface area contributed by atoms with Crippen LogP contribution in [0.3, 0.4) is 0 Å². The van der Waals surface area contributed by atoms with Crippen LogP contribution >= 0.6 is 0 Å². The number of aromatic nitrogens is 4. The molecule has 0 fully saturated rings. The van der Waals surface area contributed by atoms with Crippen LogP contribution in [0, 0.1) is 13.8 Å². The number of pyridine rings is 1. The molecule has 0 saturated heterocycles. The topological polar surface area (TPSA) is 60.7 Å². The normalized spacial score (nSPS) is 11.2. The molecule has 4 aromatic rings. The van der Waals surface area contributed by atoms with E-state index in [0.29, 0.717) is 23.1 Å². The zero-order chi connectivity index (χ0) is 16.7. The largest absolute Gasteiger partial charge is 0.332 e. The van der Waals surface area contributed by atoms with E-state index in [2.05, 4.69) is 19.7 Å². The first-order chi connectivity index (χ1) is 11.6. The summed E-state index contributed by atoms with van der Waals surface area (Å²) in [5.74, 6) is 0.636. The lowest BCUT2D eigenvalue weighted by molar-refractivity contribution is 0.733. The lowest BCUT2D eigenvalue weighted by Crippen LogP contribution is -2.14. The molecule has 0 saturated carbocycles. The highest BCUT2D eigenvalue weighted by Gasteiger charge is 2.12. The van der Waals surface area contributed by atoms with E-state index in [1.807, 2.05) is 62.4 Å². The van der Waals surface area contributed by atoms with Gasteiger partial charge in [-0.3, -0.25) is 4.79 Å². The molecule has 0 bridgehead atoms. The standard InChI is InChI=1S/C19H16N4O/c1-12-13(2)21-22-18(20-12)11-23-16-9-5-3-7-14(16)19(24)15-8-4-6-10-17(15)23/h3-10H,11H2,1-2H3. The molecule has 0 aliphatic rings. The summed E-state index contributed by atoms with van der Waals surface area (Å²) in [5, 5.41) is 9.78. The molecule has 2 heterocycles. The first-order valence-electron chi connectivity index (χ1n) is 7.82. The van der Waals surface area contributed by atoms with Gasteiger partial charge in [0.15, 0.2) is 11.3 Å². The van der Waals surface area contributed by atoms with Crippen molar-refractivity contribution in [3.05, 3.63) is 76.0 Å². The Labute approximate surface area is 138 Å². The van der Waals surface area contributed by atoms with Crippen LogP contribution in [0.5, 0.6) is 0 Å². The van der Waals surface area contributed by atoms with E-state index in [1.54, 1.807) is 0 Å². The van der Waals surface area contributed by atoms with E-state index in [-0.39, 0.29) is 5.43 Å². The Kier molecular flexibility index (Phi) is 3.34. The van der Waals surface area contributed by atoms with E-state index in [0.717, 1.165) is 22.4 Å². The minimum absolute atomic E-state index is 0.0524. The maximum Gasteiger partial charge on any atom is 0.197 e. The van der Waals surface area contributed by atoms with Gasteiger partial charge in [-0.25, -0.2) is 4.98 Å². The summed E-state index contributed by atoms with van der Waals surface area (Å²) in [7, 11) is 0. The molecule has 4 rings (SSSR count). The predicted molar refractivity (Wildman–Crippen MR) is 94.1 cm³/mol.